The second kappa shape index (κ2) is 10.4. The molecular weight excluding hydrogens is 452 g/mol. The molecule has 174 valence electrons. The van der Waals surface area contributed by atoms with Crippen LogP contribution in [0.25, 0.3) is 0 Å². The first-order chi connectivity index (χ1) is 16.5. The highest BCUT2D eigenvalue weighted by atomic mass is 32.1. The summed E-state index contributed by atoms with van der Waals surface area (Å²) in [5.41, 5.74) is 1.73. The number of carbonyl (C=O) groups excluding carboxylic acids is 4. The molecule has 3 amide bonds. The molecule has 0 aliphatic carbocycles. The van der Waals surface area contributed by atoms with Crippen molar-refractivity contribution in [2.75, 3.05) is 18.1 Å². The van der Waals surface area contributed by atoms with Crippen molar-refractivity contribution in [2.24, 2.45) is 0 Å². The van der Waals surface area contributed by atoms with E-state index in [1.54, 1.807) is 31.2 Å². The van der Waals surface area contributed by atoms with E-state index in [4.69, 9.17) is 4.74 Å². The minimum absolute atomic E-state index is 0.0929. The van der Waals surface area contributed by atoms with Gasteiger partial charge in [-0.2, -0.15) is 0 Å². The van der Waals surface area contributed by atoms with Crippen molar-refractivity contribution in [3.63, 3.8) is 0 Å². The molecule has 7 nitrogen and oxygen atoms in total. The van der Waals surface area contributed by atoms with Gasteiger partial charge in [-0.05, 0) is 54.6 Å². The monoisotopic (exact) mass is 476 g/mol. The molecule has 34 heavy (non-hydrogen) atoms. The largest absolute Gasteiger partial charge is 0.462 e. The van der Waals surface area contributed by atoms with E-state index in [2.05, 4.69) is 0 Å². The maximum atomic E-state index is 13.4. The molecule has 4 rings (SSSR count). The third-order valence-corrected chi connectivity index (χ3v) is 6.47. The van der Waals surface area contributed by atoms with Crippen molar-refractivity contribution >= 4 is 40.7 Å². The number of carbonyl (C=O) groups is 4. The second-order valence-corrected chi connectivity index (χ2v) is 8.71. The smallest absolute Gasteiger partial charge is 0.338 e. The zero-order valence-corrected chi connectivity index (χ0v) is 19.5. The number of amides is 3. The van der Waals surface area contributed by atoms with Crippen molar-refractivity contribution in [3.8, 4) is 0 Å². The fourth-order valence-corrected chi connectivity index (χ4v) is 4.61. The van der Waals surface area contributed by atoms with Crippen LogP contribution in [0.2, 0.25) is 0 Å². The fraction of sp³-hybridized carbons (Fsp3) is 0.231. The van der Waals surface area contributed by atoms with Gasteiger partial charge < -0.3 is 9.64 Å². The highest BCUT2D eigenvalue weighted by Crippen LogP contribution is 2.28. The Hall–Kier alpha value is -3.78. The van der Waals surface area contributed by atoms with Crippen LogP contribution < -0.4 is 4.90 Å². The van der Waals surface area contributed by atoms with E-state index in [1.807, 2.05) is 35.7 Å². The number of rotatable bonds is 8. The van der Waals surface area contributed by atoms with E-state index in [9.17, 15) is 19.2 Å². The Morgan fingerprint density at radius 2 is 1.76 bits per heavy atom. The summed E-state index contributed by atoms with van der Waals surface area (Å²) in [5, 5.41) is 1.81. The third kappa shape index (κ3) is 4.92. The molecule has 1 atom stereocenters. The van der Waals surface area contributed by atoms with Gasteiger partial charge in [-0.3, -0.25) is 14.4 Å². The molecule has 1 saturated heterocycles. The van der Waals surface area contributed by atoms with Gasteiger partial charge in [-0.1, -0.05) is 36.4 Å². The molecule has 3 aromatic rings. The van der Waals surface area contributed by atoms with E-state index in [1.165, 1.54) is 28.4 Å². The minimum Gasteiger partial charge on any atom is -0.462 e. The molecule has 1 aliphatic rings. The minimum atomic E-state index is -0.893. The fourth-order valence-electron chi connectivity index (χ4n) is 3.93. The highest BCUT2D eigenvalue weighted by molar-refractivity contribution is 7.12. The second-order valence-electron chi connectivity index (χ2n) is 7.77. The first-order valence-electron chi connectivity index (χ1n) is 11.0. The molecule has 2 heterocycles. The highest BCUT2D eigenvalue weighted by Gasteiger charge is 2.44. The lowest BCUT2D eigenvalue weighted by Gasteiger charge is -2.27. The summed E-state index contributed by atoms with van der Waals surface area (Å²) >= 11 is 1.30. The first-order valence-corrected chi connectivity index (χ1v) is 11.9. The maximum Gasteiger partial charge on any atom is 0.338 e. The van der Waals surface area contributed by atoms with Crippen LogP contribution in [0.15, 0.2) is 72.1 Å². The molecular formula is C26H24N2O5S. The zero-order valence-electron chi connectivity index (χ0n) is 18.7. The Balaban J connectivity index is 1.57. The summed E-state index contributed by atoms with van der Waals surface area (Å²) in [7, 11) is 0. The van der Waals surface area contributed by atoms with Crippen LogP contribution in [0.3, 0.4) is 0 Å². The quantitative estimate of drug-likeness (QED) is 0.363. The number of hydrogen-bond donors (Lipinski definition) is 0. The lowest BCUT2D eigenvalue weighted by atomic mass is 10.1. The Bertz CT molecular complexity index is 1180. The van der Waals surface area contributed by atoms with Gasteiger partial charge in [-0.25, -0.2) is 9.69 Å². The molecule has 0 saturated carbocycles. The predicted molar refractivity (Wildman–Crippen MR) is 129 cm³/mol. The molecule has 2 aromatic carbocycles. The van der Waals surface area contributed by atoms with E-state index in [-0.39, 0.29) is 24.8 Å². The SMILES string of the molecule is CCOC(=O)c1ccc(N2C(=O)CC(N(CCc3ccccc3)C(=O)c3cccs3)C2=O)cc1. The molecule has 1 unspecified atom stereocenters. The molecule has 0 N–H and O–H groups in total. The topological polar surface area (TPSA) is 84.0 Å². The van der Waals surface area contributed by atoms with Gasteiger partial charge >= 0.3 is 5.97 Å². The average Bonchev–Trinajstić information content (AvgIpc) is 3.49. The van der Waals surface area contributed by atoms with Crippen molar-refractivity contribution in [3.05, 3.63) is 88.1 Å². The summed E-state index contributed by atoms with van der Waals surface area (Å²) in [5.74, 6) is -1.58. The Morgan fingerprint density at radius 1 is 1.03 bits per heavy atom. The Morgan fingerprint density at radius 3 is 2.41 bits per heavy atom. The van der Waals surface area contributed by atoms with E-state index < -0.39 is 17.9 Å². The summed E-state index contributed by atoms with van der Waals surface area (Å²) in [6.07, 6.45) is 0.467. The third-order valence-electron chi connectivity index (χ3n) is 5.61. The van der Waals surface area contributed by atoms with Gasteiger partial charge in [0.05, 0.1) is 29.2 Å². The molecule has 1 fully saturated rings. The normalized spacial score (nSPS) is 15.4. The van der Waals surface area contributed by atoms with Gasteiger partial charge in [0.25, 0.3) is 11.8 Å². The van der Waals surface area contributed by atoms with E-state index in [0.29, 0.717) is 29.1 Å². The molecule has 8 heteroatoms. The van der Waals surface area contributed by atoms with E-state index in [0.717, 1.165) is 10.5 Å². The van der Waals surface area contributed by atoms with Crippen LogP contribution in [0.4, 0.5) is 5.69 Å². The van der Waals surface area contributed by atoms with Crippen molar-refractivity contribution in [1.82, 2.24) is 4.90 Å². The summed E-state index contributed by atoms with van der Waals surface area (Å²) < 4.78 is 4.98. The van der Waals surface area contributed by atoms with Gasteiger partial charge in [0, 0.05) is 6.54 Å². The van der Waals surface area contributed by atoms with Crippen LogP contribution in [-0.2, 0) is 20.7 Å². The number of nitrogens with zero attached hydrogens (tertiary/aromatic N) is 2. The standard InChI is InChI=1S/C26H24N2O5S/c1-2-33-26(32)19-10-12-20(13-11-19)28-23(29)17-21(24(28)30)27(25(31)22-9-6-16-34-22)15-14-18-7-4-3-5-8-18/h3-13,16,21H,2,14-15,17H2,1H3. The van der Waals surface area contributed by atoms with Crippen LogP contribution in [0.5, 0.6) is 0 Å². The van der Waals surface area contributed by atoms with Gasteiger partial charge in [0.2, 0.25) is 5.91 Å². The Kier molecular flexibility index (Phi) is 7.18. The maximum absolute atomic E-state index is 13.4. The van der Waals surface area contributed by atoms with Crippen LogP contribution >= 0.6 is 11.3 Å². The lowest BCUT2D eigenvalue weighted by molar-refractivity contribution is -0.122. The van der Waals surface area contributed by atoms with Crippen LogP contribution in [0, 0.1) is 0 Å². The number of anilines is 1. The number of hydrogen-bond acceptors (Lipinski definition) is 6. The molecule has 0 spiro atoms. The van der Waals surface area contributed by atoms with Gasteiger partial charge in [0.15, 0.2) is 0 Å². The molecule has 0 bridgehead atoms. The zero-order chi connectivity index (χ0) is 24.1. The molecule has 1 aliphatic heterocycles. The number of benzene rings is 2. The van der Waals surface area contributed by atoms with Gasteiger partial charge in [-0.15, -0.1) is 11.3 Å². The average molecular weight is 477 g/mol. The molecule has 0 radical (unpaired) electrons. The number of imide groups is 1. The van der Waals surface area contributed by atoms with Crippen molar-refractivity contribution in [2.45, 2.75) is 25.8 Å². The number of ether oxygens (including phenoxy) is 1. The van der Waals surface area contributed by atoms with Crippen molar-refractivity contribution in [1.29, 1.82) is 0 Å². The predicted octanol–water partition coefficient (Wildman–Crippen LogP) is 3.94. The summed E-state index contributed by atoms with van der Waals surface area (Å²) in [4.78, 5) is 54.6. The van der Waals surface area contributed by atoms with Crippen molar-refractivity contribution < 1.29 is 23.9 Å². The van der Waals surface area contributed by atoms with E-state index >= 15 is 0 Å². The first kappa shape index (κ1) is 23.4. The number of esters is 1. The van der Waals surface area contributed by atoms with Crippen LogP contribution in [-0.4, -0.2) is 47.8 Å². The number of thiophene rings is 1. The van der Waals surface area contributed by atoms with Crippen LogP contribution in [0.1, 0.15) is 38.9 Å². The lowest BCUT2D eigenvalue weighted by Crippen LogP contribution is -2.46. The summed E-state index contributed by atoms with van der Waals surface area (Å²) in [6, 6.07) is 18.4. The Labute approximate surface area is 201 Å². The summed E-state index contributed by atoms with van der Waals surface area (Å²) in [6.45, 7) is 2.28. The molecule has 1 aromatic heterocycles. The van der Waals surface area contributed by atoms with Gasteiger partial charge in [0.1, 0.15) is 6.04 Å².